The van der Waals surface area contributed by atoms with Crippen molar-refractivity contribution in [2.75, 3.05) is 26.2 Å². The molecule has 18 nitrogen and oxygen atoms in total. The minimum atomic E-state index is -1.57. The van der Waals surface area contributed by atoms with Gasteiger partial charge in [0.05, 0.1) is 6.61 Å². The average molecular weight is 632 g/mol. The van der Waals surface area contributed by atoms with Crippen LogP contribution in [0.2, 0.25) is 0 Å². The first-order valence-electron chi connectivity index (χ1n) is 14.7. The van der Waals surface area contributed by atoms with E-state index >= 15 is 0 Å². The van der Waals surface area contributed by atoms with Gasteiger partial charge in [-0.15, -0.1) is 0 Å². The van der Waals surface area contributed by atoms with Crippen molar-refractivity contribution in [1.82, 2.24) is 32.3 Å². The number of amides is 6. The first-order valence-corrected chi connectivity index (χ1v) is 14.2. The second kappa shape index (κ2) is 23.3. The molecule has 0 fully saturated rings. The molecule has 0 bridgehead atoms. The average Bonchev–Trinajstić information content (AvgIpc) is 2.98. The molecule has 4 atom stereocenters. The molecule has 0 aromatic carbocycles. The number of carboxylic acid groups (broad SMARTS) is 1. The molecule has 0 heterocycles. The summed E-state index contributed by atoms with van der Waals surface area (Å²) in [6, 6.07) is -5.94. The molecule has 249 valence electrons. The van der Waals surface area contributed by atoms with Crippen molar-refractivity contribution in [2.24, 2.45) is 11.5 Å². The van der Waals surface area contributed by atoms with E-state index in [1.807, 2.05) is 0 Å². The van der Waals surface area contributed by atoms with Gasteiger partial charge in [-0.25, -0.2) is 5.73 Å². The Kier molecular flexibility index (Phi) is 20.1. The lowest BCUT2D eigenvalue weighted by molar-refractivity contribution is -0.137. The minimum absolute atomic E-state index is 0.0740. The molecule has 0 aromatic heterocycles. The molecular weight excluding hydrogens is 584 g/mol. The van der Waals surface area contributed by atoms with E-state index in [1.54, 1.807) is 0 Å². The SMILES string of the molecule is [3H]C(=O)CCC(NC(=O)C(CCC(=O)NCCCCN)NC(=O)C(CCC(=O)NCCO)NC(=O)C([NH])CCC(=O)O)C(N)=O. The Labute approximate surface area is 256 Å². The summed E-state index contributed by atoms with van der Waals surface area (Å²) in [4.78, 5) is 97.3. The third kappa shape index (κ3) is 18.4. The third-order valence-corrected chi connectivity index (χ3v) is 6.13. The molecule has 44 heavy (non-hydrogen) atoms. The Morgan fingerprint density at radius 1 is 0.773 bits per heavy atom. The summed E-state index contributed by atoms with van der Waals surface area (Å²) in [5.41, 5.74) is 18.6. The second-order valence-electron chi connectivity index (χ2n) is 9.75. The smallest absolute Gasteiger partial charge is 0.303 e. The maximum atomic E-state index is 13.3. The predicted molar refractivity (Wildman–Crippen MR) is 154 cm³/mol. The van der Waals surface area contributed by atoms with E-state index in [1.165, 1.54) is 0 Å². The van der Waals surface area contributed by atoms with Gasteiger partial charge in [0.2, 0.25) is 35.4 Å². The molecule has 0 aliphatic rings. The van der Waals surface area contributed by atoms with E-state index < -0.39 is 84.7 Å². The summed E-state index contributed by atoms with van der Waals surface area (Å²) in [5.74, 6) is -6.29. The van der Waals surface area contributed by atoms with E-state index in [0.717, 1.165) is 0 Å². The first-order chi connectivity index (χ1) is 21.2. The van der Waals surface area contributed by atoms with Gasteiger partial charge in [0, 0.05) is 38.8 Å². The van der Waals surface area contributed by atoms with Gasteiger partial charge in [-0.05, 0) is 45.1 Å². The van der Waals surface area contributed by atoms with E-state index in [-0.39, 0.29) is 51.7 Å². The summed E-state index contributed by atoms with van der Waals surface area (Å²) >= 11 is 0. The molecule has 12 N–H and O–H groups in total. The van der Waals surface area contributed by atoms with Crippen LogP contribution in [0.3, 0.4) is 0 Å². The molecular formula is C26H45N8O10. The number of hydrogen-bond acceptors (Lipinski definition) is 10. The molecule has 0 aromatic rings. The molecule has 0 saturated carbocycles. The number of unbranched alkanes of at least 4 members (excludes halogenated alkanes) is 1. The number of carboxylic acids is 1. The number of primary amides is 1. The van der Waals surface area contributed by atoms with E-state index in [2.05, 4.69) is 26.6 Å². The van der Waals surface area contributed by atoms with Crippen molar-refractivity contribution < 1.29 is 49.9 Å². The van der Waals surface area contributed by atoms with Gasteiger partial charge in [0.1, 0.15) is 31.8 Å². The maximum Gasteiger partial charge on any atom is 0.303 e. The molecule has 18 heteroatoms. The topological polar surface area (TPSA) is 313 Å². The van der Waals surface area contributed by atoms with Crippen molar-refractivity contribution in [3.63, 3.8) is 0 Å². The summed E-state index contributed by atoms with van der Waals surface area (Å²) in [5, 5.41) is 29.7. The van der Waals surface area contributed by atoms with Gasteiger partial charge in [0.25, 0.3) is 0 Å². The number of nitrogens with two attached hydrogens (primary N) is 2. The van der Waals surface area contributed by atoms with Gasteiger partial charge in [-0.2, -0.15) is 0 Å². The lowest BCUT2D eigenvalue weighted by Crippen LogP contribution is -2.57. The fourth-order valence-electron chi connectivity index (χ4n) is 3.66. The number of hydrogen-bond donors (Lipinski definition) is 9. The van der Waals surface area contributed by atoms with Crippen molar-refractivity contribution in [3.8, 4) is 0 Å². The van der Waals surface area contributed by atoms with Crippen LogP contribution >= 0.6 is 0 Å². The zero-order valence-electron chi connectivity index (χ0n) is 25.5. The molecule has 0 aliphatic carbocycles. The van der Waals surface area contributed by atoms with Gasteiger partial charge in [-0.1, -0.05) is 0 Å². The standard InChI is InChI=1S/C26H45N8O10/c27-11-1-2-12-30-20(37)8-7-19(25(43)32-17(23(29)41)4-3-14-35)34-26(44)18(6-9-21(38)31-13-15-36)33-24(42)16(28)5-10-22(39)40/h14,16-19,28,36H,1-13,15,27H2,(H2,29,41)(H,30,37)(H,31,38)(H,32,43)(H,33,42)(H,34,44)(H,39,40)/i14T. The molecule has 0 spiro atoms. The maximum absolute atomic E-state index is 13.3. The highest BCUT2D eigenvalue weighted by molar-refractivity contribution is 5.95. The van der Waals surface area contributed by atoms with Crippen LogP contribution in [-0.2, 0) is 38.4 Å². The molecule has 0 saturated heterocycles. The summed E-state index contributed by atoms with van der Waals surface area (Å²) in [6.45, 7) is 0.316. The van der Waals surface area contributed by atoms with Crippen molar-refractivity contribution >= 4 is 47.7 Å². The Balaban J connectivity index is 5.92. The highest BCUT2D eigenvalue weighted by Crippen LogP contribution is 2.06. The zero-order valence-corrected chi connectivity index (χ0v) is 24.5. The van der Waals surface area contributed by atoms with Gasteiger partial charge in [-0.3, -0.25) is 33.6 Å². The third-order valence-electron chi connectivity index (χ3n) is 6.13. The summed E-state index contributed by atoms with van der Waals surface area (Å²) < 4.78 is 7.02. The number of aliphatic carboxylic acids is 1. The molecule has 6 amide bonds. The Morgan fingerprint density at radius 2 is 1.30 bits per heavy atom. The monoisotopic (exact) mass is 631 g/mol. The van der Waals surface area contributed by atoms with E-state index in [4.69, 9.17) is 28.8 Å². The Bertz CT molecular complexity index is 1030. The van der Waals surface area contributed by atoms with Crippen LogP contribution in [0.25, 0.3) is 0 Å². The highest BCUT2D eigenvalue weighted by atomic mass is 16.4. The Hall–Kier alpha value is -4.16. The molecule has 1 radical (unpaired) electrons. The summed E-state index contributed by atoms with van der Waals surface area (Å²) in [6.07, 6.45) is -2.52. The number of carbonyl (C=O) groups is 8. The Morgan fingerprint density at radius 3 is 1.77 bits per heavy atom. The number of aldehydes is 1. The zero-order chi connectivity index (χ0) is 34.4. The van der Waals surface area contributed by atoms with Crippen molar-refractivity contribution in [3.05, 3.63) is 0 Å². The van der Waals surface area contributed by atoms with Crippen LogP contribution in [0.5, 0.6) is 0 Å². The van der Waals surface area contributed by atoms with Crippen molar-refractivity contribution in [1.29, 1.82) is 0 Å². The lowest BCUT2D eigenvalue weighted by atomic mass is 10.0. The van der Waals surface area contributed by atoms with Crippen LogP contribution in [0.1, 0.15) is 65.6 Å². The number of nitrogens with one attached hydrogen (secondary N) is 6. The lowest BCUT2D eigenvalue weighted by Gasteiger charge is -2.25. The number of rotatable bonds is 25. The molecule has 4 unspecified atom stereocenters. The van der Waals surface area contributed by atoms with E-state index in [0.29, 0.717) is 25.9 Å². The van der Waals surface area contributed by atoms with E-state index in [9.17, 15) is 38.4 Å². The number of aliphatic hydroxyl groups excluding tert-OH is 1. The number of carbonyl (C=O) groups excluding carboxylic acids is 7. The fraction of sp³-hybridized carbons (Fsp3) is 0.692. The second-order valence-corrected chi connectivity index (χ2v) is 9.75. The molecule has 0 rings (SSSR count). The predicted octanol–water partition coefficient (Wildman–Crippen LogP) is -4.05. The normalized spacial score (nSPS) is 13.7. The highest BCUT2D eigenvalue weighted by Gasteiger charge is 2.30. The quantitative estimate of drug-likeness (QED) is 0.0345. The van der Waals surface area contributed by atoms with Crippen LogP contribution in [-0.4, -0.2) is 108 Å². The first kappa shape index (κ1) is 37.9. The number of aliphatic hydroxyl groups is 1. The van der Waals surface area contributed by atoms with Gasteiger partial charge >= 0.3 is 5.97 Å². The van der Waals surface area contributed by atoms with Crippen LogP contribution in [0.4, 0.5) is 0 Å². The minimum Gasteiger partial charge on any atom is -0.481 e. The van der Waals surface area contributed by atoms with Crippen molar-refractivity contribution in [2.45, 2.75) is 88.4 Å². The van der Waals surface area contributed by atoms with Crippen LogP contribution < -0.4 is 43.8 Å². The largest absolute Gasteiger partial charge is 0.481 e. The van der Waals surface area contributed by atoms with Crippen LogP contribution in [0.15, 0.2) is 0 Å². The van der Waals surface area contributed by atoms with Crippen LogP contribution in [0, 0.1) is 0 Å². The van der Waals surface area contributed by atoms with Gasteiger partial charge < -0.3 is 53.1 Å². The summed E-state index contributed by atoms with van der Waals surface area (Å²) in [7, 11) is 0. The fourth-order valence-corrected chi connectivity index (χ4v) is 3.66. The van der Waals surface area contributed by atoms with Gasteiger partial charge in [0.15, 0.2) is 0 Å². The molecule has 0 aliphatic heterocycles.